The topological polar surface area (TPSA) is 12.0 Å². The number of nitrogens with one attached hydrogen (secondary N) is 1. The van der Waals surface area contributed by atoms with Crippen molar-refractivity contribution in [1.29, 1.82) is 0 Å². The Morgan fingerprint density at radius 1 is 1.10 bits per heavy atom. The number of hydrogen-bond donors (Lipinski definition) is 1. The summed E-state index contributed by atoms with van der Waals surface area (Å²) in [6.07, 6.45) is 0. The molecule has 1 N–H and O–H groups in total. The summed E-state index contributed by atoms with van der Waals surface area (Å²) in [6, 6.07) is 9.21. The van der Waals surface area contributed by atoms with Gasteiger partial charge in [0.2, 0.25) is 0 Å². The Morgan fingerprint density at radius 3 is 2.38 bits per heavy atom. The molecule has 2 rings (SSSR count). The molecule has 0 bridgehead atoms. The number of benzene rings is 2. The van der Waals surface area contributed by atoms with Crippen LogP contribution in [0.2, 0.25) is 5.02 Å². The van der Waals surface area contributed by atoms with Gasteiger partial charge in [-0.1, -0.05) is 30.7 Å². The number of hydrogen-bond acceptors (Lipinski definition) is 1. The molecule has 0 heterocycles. The van der Waals surface area contributed by atoms with Crippen LogP contribution in [0.15, 0.2) is 30.3 Å². The first-order valence-corrected chi connectivity index (χ1v) is 7.58. The first-order valence-electron chi connectivity index (χ1n) is 7.20. The highest BCUT2D eigenvalue weighted by Crippen LogP contribution is 2.31. The Balaban J connectivity index is 2.59. The summed E-state index contributed by atoms with van der Waals surface area (Å²) in [4.78, 5) is 0. The largest absolute Gasteiger partial charge is 0.306 e. The quantitative estimate of drug-likeness (QED) is 0.828. The van der Waals surface area contributed by atoms with Gasteiger partial charge in [-0.3, -0.25) is 0 Å². The lowest BCUT2D eigenvalue weighted by Crippen LogP contribution is -2.24. The molecule has 0 spiro atoms. The molecule has 21 heavy (non-hydrogen) atoms. The van der Waals surface area contributed by atoms with Crippen molar-refractivity contribution in [2.24, 2.45) is 0 Å². The summed E-state index contributed by atoms with van der Waals surface area (Å²) in [6.45, 7) is 8.67. The highest BCUT2D eigenvalue weighted by atomic mass is 35.5. The second-order valence-corrected chi connectivity index (χ2v) is 5.91. The minimum absolute atomic E-state index is 0.159. The highest BCUT2D eigenvalue weighted by molar-refractivity contribution is 6.30. The Labute approximate surface area is 131 Å². The molecule has 0 saturated carbocycles. The molecule has 3 heteroatoms. The van der Waals surface area contributed by atoms with Crippen LogP contribution in [0.5, 0.6) is 0 Å². The van der Waals surface area contributed by atoms with Gasteiger partial charge in [-0.15, -0.1) is 0 Å². The summed E-state index contributed by atoms with van der Waals surface area (Å²) in [7, 11) is 0. The lowest BCUT2D eigenvalue weighted by atomic mass is 9.91. The van der Waals surface area contributed by atoms with Gasteiger partial charge in [-0.25, -0.2) is 4.39 Å². The van der Waals surface area contributed by atoms with E-state index in [2.05, 4.69) is 5.32 Å². The van der Waals surface area contributed by atoms with Gasteiger partial charge in [-0.05, 0) is 67.8 Å². The van der Waals surface area contributed by atoms with Gasteiger partial charge in [0.1, 0.15) is 5.82 Å². The van der Waals surface area contributed by atoms with Gasteiger partial charge in [-0.2, -0.15) is 0 Å². The predicted molar refractivity (Wildman–Crippen MR) is 87.6 cm³/mol. The third-order valence-electron chi connectivity index (χ3n) is 3.72. The van der Waals surface area contributed by atoms with Gasteiger partial charge in [0.15, 0.2) is 0 Å². The van der Waals surface area contributed by atoms with Crippen molar-refractivity contribution in [3.63, 3.8) is 0 Å². The monoisotopic (exact) mass is 305 g/mol. The fourth-order valence-corrected chi connectivity index (χ4v) is 3.05. The van der Waals surface area contributed by atoms with E-state index in [9.17, 15) is 4.39 Å². The zero-order chi connectivity index (χ0) is 15.6. The molecule has 0 fully saturated rings. The van der Waals surface area contributed by atoms with E-state index in [0.29, 0.717) is 10.6 Å². The summed E-state index contributed by atoms with van der Waals surface area (Å²) in [5.74, 6) is -0.159. The van der Waals surface area contributed by atoms with Crippen molar-refractivity contribution in [2.45, 2.75) is 33.7 Å². The number of aryl methyl sites for hydroxylation is 3. The van der Waals surface area contributed by atoms with Crippen LogP contribution in [0, 0.1) is 26.6 Å². The minimum Gasteiger partial charge on any atom is -0.306 e. The predicted octanol–water partition coefficient (Wildman–Crippen LogP) is 5.10. The van der Waals surface area contributed by atoms with Crippen LogP contribution in [0.3, 0.4) is 0 Å². The Bertz CT molecular complexity index is 629. The van der Waals surface area contributed by atoms with Gasteiger partial charge >= 0.3 is 0 Å². The van der Waals surface area contributed by atoms with Crippen LogP contribution < -0.4 is 5.32 Å². The van der Waals surface area contributed by atoms with E-state index in [4.69, 9.17) is 11.6 Å². The van der Waals surface area contributed by atoms with Crippen LogP contribution in [0.25, 0.3) is 0 Å². The maximum absolute atomic E-state index is 14.5. The lowest BCUT2D eigenvalue weighted by Gasteiger charge is -2.23. The fourth-order valence-electron chi connectivity index (χ4n) is 2.83. The molecule has 0 radical (unpaired) electrons. The summed E-state index contributed by atoms with van der Waals surface area (Å²) < 4.78 is 14.5. The Morgan fingerprint density at radius 2 is 1.81 bits per heavy atom. The van der Waals surface area contributed by atoms with Crippen molar-refractivity contribution in [3.8, 4) is 0 Å². The fraction of sp³-hybridized carbons (Fsp3) is 0.333. The van der Waals surface area contributed by atoms with Gasteiger partial charge < -0.3 is 5.32 Å². The van der Waals surface area contributed by atoms with Crippen LogP contribution >= 0.6 is 11.6 Å². The molecular formula is C18H21ClFN. The molecule has 1 unspecified atom stereocenters. The van der Waals surface area contributed by atoms with E-state index in [-0.39, 0.29) is 11.9 Å². The first kappa shape index (κ1) is 16.0. The molecule has 0 amide bonds. The maximum atomic E-state index is 14.5. The van der Waals surface area contributed by atoms with E-state index in [1.165, 1.54) is 0 Å². The number of rotatable bonds is 4. The van der Waals surface area contributed by atoms with Crippen molar-refractivity contribution in [3.05, 3.63) is 69.0 Å². The van der Waals surface area contributed by atoms with E-state index in [1.807, 2.05) is 52.0 Å². The van der Waals surface area contributed by atoms with E-state index in [0.717, 1.165) is 28.8 Å². The third-order valence-corrected chi connectivity index (χ3v) is 3.96. The molecule has 1 nitrogen and oxygen atoms in total. The Hall–Kier alpha value is -1.38. The maximum Gasteiger partial charge on any atom is 0.128 e. The standard InChI is InChI=1S/C18H21ClFN/c1-5-21-18(15-7-6-14(19)10-12(15)3)17-13(4)8-11(2)9-16(17)20/h6-10,18,21H,5H2,1-4H3. The lowest BCUT2D eigenvalue weighted by molar-refractivity contribution is 0.554. The van der Waals surface area contributed by atoms with Crippen molar-refractivity contribution >= 4 is 11.6 Å². The zero-order valence-corrected chi connectivity index (χ0v) is 13.7. The van der Waals surface area contributed by atoms with Crippen molar-refractivity contribution in [2.75, 3.05) is 6.54 Å². The molecule has 2 aromatic rings. The SMILES string of the molecule is CCNC(c1ccc(Cl)cc1C)c1c(C)cc(C)cc1F. The molecule has 0 aromatic heterocycles. The first-order chi connectivity index (χ1) is 9.93. The van der Waals surface area contributed by atoms with Gasteiger partial charge in [0.05, 0.1) is 6.04 Å². The summed E-state index contributed by atoms with van der Waals surface area (Å²) in [5, 5.41) is 4.10. The summed E-state index contributed by atoms with van der Waals surface area (Å²) >= 11 is 6.03. The van der Waals surface area contributed by atoms with Crippen LogP contribution in [0.4, 0.5) is 4.39 Å². The molecule has 1 atom stereocenters. The smallest absolute Gasteiger partial charge is 0.128 e. The zero-order valence-electron chi connectivity index (χ0n) is 12.9. The molecule has 0 aliphatic carbocycles. The van der Waals surface area contributed by atoms with Crippen LogP contribution in [0.1, 0.15) is 40.8 Å². The van der Waals surface area contributed by atoms with Crippen molar-refractivity contribution in [1.82, 2.24) is 5.32 Å². The highest BCUT2D eigenvalue weighted by Gasteiger charge is 2.21. The molecule has 112 valence electrons. The second kappa shape index (κ2) is 6.59. The van der Waals surface area contributed by atoms with Gasteiger partial charge in [0.25, 0.3) is 0 Å². The molecule has 0 aliphatic rings. The molecule has 0 aliphatic heterocycles. The molecule has 0 saturated heterocycles. The molecule has 2 aromatic carbocycles. The van der Waals surface area contributed by atoms with Crippen LogP contribution in [-0.2, 0) is 0 Å². The average molecular weight is 306 g/mol. The normalized spacial score (nSPS) is 12.5. The van der Waals surface area contributed by atoms with E-state index >= 15 is 0 Å². The van der Waals surface area contributed by atoms with E-state index in [1.54, 1.807) is 6.07 Å². The average Bonchev–Trinajstić information content (AvgIpc) is 2.37. The Kier molecular flexibility index (Phi) is 5.02. The van der Waals surface area contributed by atoms with Gasteiger partial charge in [0, 0.05) is 10.6 Å². The second-order valence-electron chi connectivity index (χ2n) is 5.47. The van der Waals surface area contributed by atoms with E-state index < -0.39 is 0 Å². The van der Waals surface area contributed by atoms with Crippen molar-refractivity contribution < 1.29 is 4.39 Å². The van der Waals surface area contributed by atoms with Crippen LogP contribution in [-0.4, -0.2) is 6.54 Å². The minimum atomic E-state index is -0.159. The summed E-state index contributed by atoms with van der Waals surface area (Å²) in [5.41, 5.74) is 4.75. The molecular weight excluding hydrogens is 285 g/mol. The number of halogens is 2. The third kappa shape index (κ3) is 3.45.